The second-order valence-electron chi connectivity index (χ2n) is 3.62. The van der Waals surface area contributed by atoms with E-state index < -0.39 is 34.8 Å². The van der Waals surface area contributed by atoms with Crippen molar-refractivity contribution in [2.75, 3.05) is 0 Å². The molecule has 1 unspecified atom stereocenters. The Morgan fingerprint density at radius 2 is 2.06 bits per heavy atom. The summed E-state index contributed by atoms with van der Waals surface area (Å²) in [5.41, 5.74) is -2.20. The molecule has 0 bridgehead atoms. The zero-order chi connectivity index (χ0) is 13.9. The molecule has 1 aromatic rings. The van der Waals surface area contributed by atoms with Crippen LogP contribution in [0, 0.1) is 23.1 Å². The summed E-state index contributed by atoms with van der Waals surface area (Å²) in [5.74, 6) is -3.68. The predicted molar refractivity (Wildman–Crippen MR) is 55.1 cm³/mol. The molecule has 1 atom stereocenters. The van der Waals surface area contributed by atoms with E-state index in [1.54, 1.807) is 6.07 Å². The molecule has 0 fully saturated rings. The zero-order valence-electron chi connectivity index (χ0n) is 9.38. The molecule has 0 radical (unpaired) electrons. The Hall–Kier alpha value is -1.90. The van der Waals surface area contributed by atoms with Gasteiger partial charge in [-0.3, -0.25) is 4.79 Å². The van der Waals surface area contributed by atoms with E-state index in [0.29, 0.717) is 6.07 Å². The third-order valence-corrected chi connectivity index (χ3v) is 2.45. The first-order valence-corrected chi connectivity index (χ1v) is 5.12. The van der Waals surface area contributed by atoms with Crippen LogP contribution in [0.5, 0.6) is 0 Å². The van der Waals surface area contributed by atoms with Crippen LogP contribution in [0.4, 0.5) is 17.6 Å². The molecule has 2 nitrogen and oxygen atoms in total. The molecular weight excluding hydrogens is 250 g/mol. The number of hydrogen-bond donors (Lipinski definition) is 0. The third kappa shape index (κ3) is 2.67. The summed E-state index contributed by atoms with van der Waals surface area (Å²) >= 11 is 0. The lowest BCUT2D eigenvalue weighted by Gasteiger charge is -2.11. The number of nitriles is 1. The van der Waals surface area contributed by atoms with Crippen molar-refractivity contribution in [1.82, 2.24) is 0 Å². The molecule has 0 aromatic heterocycles. The maximum absolute atomic E-state index is 13.6. The molecule has 1 aromatic carbocycles. The number of Topliss-reactive ketones (excluding diaryl/α,β-unsaturated/α-hetero) is 1. The second kappa shape index (κ2) is 5.17. The molecule has 0 aliphatic heterocycles. The number of carbonyl (C=O) groups excluding carboxylic acids is 1. The van der Waals surface area contributed by atoms with E-state index in [1.807, 2.05) is 0 Å². The quantitative estimate of drug-likeness (QED) is 0.615. The lowest BCUT2D eigenvalue weighted by Crippen LogP contribution is -2.17. The summed E-state index contributed by atoms with van der Waals surface area (Å²) in [4.78, 5) is 11.7. The number of nitrogens with zero attached hydrogens (tertiary/aromatic N) is 1. The third-order valence-electron chi connectivity index (χ3n) is 2.45. The van der Waals surface area contributed by atoms with Crippen LogP contribution in [0.25, 0.3) is 0 Å². The minimum Gasteiger partial charge on any atom is -0.293 e. The fourth-order valence-corrected chi connectivity index (χ4v) is 1.46. The van der Waals surface area contributed by atoms with Gasteiger partial charge < -0.3 is 0 Å². The van der Waals surface area contributed by atoms with Crippen LogP contribution >= 0.6 is 0 Å². The Kier molecular flexibility index (Phi) is 4.07. The predicted octanol–water partition coefficient (Wildman–Crippen LogP) is 3.58. The smallest absolute Gasteiger partial charge is 0.293 e. The highest BCUT2D eigenvalue weighted by molar-refractivity contribution is 5.99. The van der Waals surface area contributed by atoms with Crippen molar-refractivity contribution >= 4 is 5.78 Å². The van der Waals surface area contributed by atoms with Gasteiger partial charge in [-0.1, -0.05) is 13.0 Å². The summed E-state index contributed by atoms with van der Waals surface area (Å²) in [7, 11) is 0. The normalized spacial score (nSPS) is 12.9. The molecule has 0 N–H and O–H groups in total. The van der Waals surface area contributed by atoms with Gasteiger partial charge in [0.2, 0.25) is 0 Å². The molecule has 0 spiro atoms. The van der Waals surface area contributed by atoms with Crippen molar-refractivity contribution in [3.63, 3.8) is 0 Å². The van der Waals surface area contributed by atoms with Gasteiger partial charge in [-0.25, -0.2) is 4.39 Å². The van der Waals surface area contributed by atoms with Gasteiger partial charge in [0.15, 0.2) is 5.78 Å². The van der Waals surface area contributed by atoms with E-state index in [1.165, 1.54) is 6.92 Å². The highest BCUT2D eigenvalue weighted by atomic mass is 19.4. The molecule has 96 valence electrons. The van der Waals surface area contributed by atoms with Gasteiger partial charge in [-0.15, -0.1) is 0 Å². The van der Waals surface area contributed by atoms with Crippen LogP contribution in [0.3, 0.4) is 0 Å². The van der Waals surface area contributed by atoms with Gasteiger partial charge in [0.05, 0.1) is 17.2 Å². The minimum absolute atomic E-state index is 0.116. The summed E-state index contributed by atoms with van der Waals surface area (Å²) in [5, 5.41) is 8.66. The van der Waals surface area contributed by atoms with E-state index in [4.69, 9.17) is 5.26 Å². The Balaban J connectivity index is 3.29. The van der Waals surface area contributed by atoms with Crippen molar-refractivity contribution in [3.8, 4) is 6.07 Å². The van der Waals surface area contributed by atoms with Gasteiger partial charge in [0.1, 0.15) is 11.7 Å². The zero-order valence-corrected chi connectivity index (χ0v) is 9.38. The maximum atomic E-state index is 13.6. The fourth-order valence-electron chi connectivity index (χ4n) is 1.46. The van der Waals surface area contributed by atoms with Gasteiger partial charge in [-0.2, -0.15) is 18.4 Å². The average molecular weight is 259 g/mol. The van der Waals surface area contributed by atoms with E-state index in [9.17, 15) is 22.4 Å². The van der Waals surface area contributed by atoms with Gasteiger partial charge >= 0.3 is 6.18 Å². The van der Waals surface area contributed by atoms with Crippen molar-refractivity contribution in [2.45, 2.75) is 19.5 Å². The SMILES string of the molecule is CCC(C#N)C(=O)c1cccc(C(F)(F)F)c1F. The lowest BCUT2D eigenvalue weighted by atomic mass is 9.95. The number of carbonyl (C=O) groups is 1. The van der Waals surface area contributed by atoms with Crippen LogP contribution < -0.4 is 0 Å². The number of rotatable bonds is 3. The van der Waals surface area contributed by atoms with E-state index >= 15 is 0 Å². The van der Waals surface area contributed by atoms with E-state index in [2.05, 4.69) is 0 Å². The number of ketones is 1. The van der Waals surface area contributed by atoms with Crippen LogP contribution in [0.1, 0.15) is 29.3 Å². The summed E-state index contributed by atoms with van der Waals surface area (Å²) in [6.45, 7) is 1.53. The molecule has 18 heavy (non-hydrogen) atoms. The van der Waals surface area contributed by atoms with E-state index in [-0.39, 0.29) is 6.42 Å². The molecule has 1 rings (SSSR count). The first-order valence-electron chi connectivity index (χ1n) is 5.12. The van der Waals surface area contributed by atoms with Gasteiger partial charge in [0, 0.05) is 0 Å². The molecule has 6 heteroatoms. The molecule has 0 saturated heterocycles. The largest absolute Gasteiger partial charge is 0.419 e. The molecule has 0 heterocycles. The number of hydrogen-bond acceptors (Lipinski definition) is 2. The number of halogens is 4. The fraction of sp³-hybridized carbons (Fsp3) is 0.333. The highest BCUT2D eigenvalue weighted by Gasteiger charge is 2.36. The van der Waals surface area contributed by atoms with Crippen LogP contribution in [-0.4, -0.2) is 5.78 Å². The highest BCUT2D eigenvalue weighted by Crippen LogP contribution is 2.33. The molecule has 0 aliphatic carbocycles. The summed E-state index contributed by atoms with van der Waals surface area (Å²) in [6.07, 6.45) is -4.75. The van der Waals surface area contributed by atoms with Gasteiger partial charge in [-0.05, 0) is 18.6 Å². The summed E-state index contributed by atoms with van der Waals surface area (Å²) in [6, 6.07) is 4.09. The average Bonchev–Trinajstić information content (AvgIpc) is 2.29. The number of alkyl halides is 3. The van der Waals surface area contributed by atoms with Crippen molar-refractivity contribution in [3.05, 3.63) is 35.1 Å². The number of benzene rings is 1. The lowest BCUT2D eigenvalue weighted by molar-refractivity contribution is -0.140. The molecule has 0 saturated carbocycles. The molecule has 0 amide bonds. The van der Waals surface area contributed by atoms with Gasteiger partial charge in [0.25, 0.3) is 0 Å². The van der Waals surface area contributed by atoms with Crippen molar-refractivity contribution in [1.29, 1.82) is 5.26 Å². The Morgan fingerprint density at radius 1 is 1.44 bits per heavy atom. The van der Waals surface area contributed by atoms with Crippen LogP contribution in [-0.2, 0) is 6.18 Å². The minimum atomic E-state index is -4.87. The topological polar surface area (TPSA) is 40.9 Å². The standard InChI is InChI=1S/C12H9F4NO/c1-2-7(6-17)11(18)8-4-3-5-9(10(8)13)12(14,15)16/h3-5,7H,2H2,1H3. The van der Waals surface area contributed by atoms with E-state index in [0.717, 1.165) is 12.1 Å². The Morgan fingerprint density at radius 3 is 2.50 bits per heavy atom. The van der Waals surface area contributed by atoms with Crippen LogP contribution in [0.15, 0.2) is 18.2 Å². The second-order valence-corrected chi connectivity index (χ2v) is 3.62. The molecule has 0 aliphatic rings. The molecular formula is C12H9F4NO. The Bertz CT molecular complexity index is 502. The monoisotopic (exact) mass is 259 g/mol. The van der Waals surface area contributed by atoms with Crippen LogP contribution in [0.2, 0.25) is 0 Å². The summed E-state index contributed by atoms with van der Waals surface area (Å²) < 4.78 is 50.9. The Labute approximate surface area is 101 Å². The van der Waals surface area contributed by atoms with Crippen molar-refractivity contribution < 1.29 is 22.4 Å². The maximum Gasteiger partial charge on any atom is 0.419 e. The first kappa shape index (κ1) is 14.2. The first-order chi connectivity index (χ1) is 8.32. The van der Waals surface area contributed by atoms with Crippen molar-refractivity contribution in [2.24, 2.45) is 5.92 Å².